The fraction of sp³-hybridized carbons (Fsp3) is 0.250. The Morgan fingerprint density at radius 1 is 1.05 bits per heavy atom. The van der Waals surface area contributed by atoms with E-state index in [0.29, 0.717) is 5.56 Å². The lowest BCUT2D eigenvalue weighted by atomic mass is 9.88. The van der Waals surface area contributed by atoms with Crippen molar-refractivity contribution in [2.75, 3.05) is 0 Å². The van der Waals surface area contributed by atoms with E-state index in [1.54, 1.807) is 30.3 Å². The van der Waals surface area contributed by atoms with Crippen LogP contribution in [-0.2, 0) is 4.79 Å². The Kier molecular flexibility index (Phi) is 3.77. The van der Waals surface area contributed by atoms with Gasteiger partial charge in [0.1, 0.15) is 5.76 Å². The van der Waals surface area contributed by atoms with E-state index in [-0.39, 0.29) is 16.9 Å². The number of carbonyl (C=O) groups excluding carboxylic acids is 2. The molecule has 1 aliphatic carbocycles. The summed E-state index contributed by atoms with van der Waals surface area (Å²) in [6.45, 7) is 6.65. The van der Waals surface area contributed by atoms with E-state index in [4.69, 9.17) is 0 Å². The van der Waals surface area contributed by atoms with Crippen LogP contribution < -0.4 is 0 Å². The van der Waals surface area contributed by atoms with Gasteiger partial charge in [0, 0.05) is 19.2 Å². The van der Waals surface area contributed by atoms with Gasteiger partial charge in [0.15, 0.2) is 0 Å². The lowest BCUT2D eigenvalue weighted by Gasteiger charge is -2.16. The number of allylic oxidation sites excluding steroid dienone is 3. The molecule has 1 aliphatic rings. The minimum atomic E-state index is -1.26. The van der Waals surface area contributed by atoms with Gasteiger partial charge in [-0.15, -0.1) is 0 Å². The SMILES string of the molecule is C[Si](C)(C)C/C=C/C1=C(O)c2ccccc2C(=O)C1=O. The molecule has 0 heterocycles. The maximum absolute atomic E-state index is 12.0. The Balaban J connectivity index is 2.42. The number of hydrogen-bond acceptors (Lipinski definition) is 3. The second kappa shape index (κ2) is 5.21. The lowest BCUT2D eigenvalue weighted by Crippen LogP contribution is -2.23. The van der Waals surface area contributed by atoms with Crippen molar-refractivity contribution in [2.45, 2.75) is 25.7 Å². The highest BCUT2D eigenvalue weighted by Gasteiger charge is 2.31. The Labute approximate surface area is 119 Å². The highest BCUT2D eigenvalue weighted by Crippen LogP contribution is 2.28. The summed E-state index contributed by atoms with van der Waals surface area (Å²) in [5.74, 6) is -1.28. The van der Waals surface area contributed by atoms with Gasteiger partial charge < -0.3 is 5.11 Å². The van der Waals surface area contributed by atoms with Gasteiger partial charge in [0.2, 0.25) is 11.6 Å². The molecule has 0 saturated heterocycles. The number of rotatable bonds is 3. The van der Waals surface area contributed by atoms with Gasteiger partial charge in [0.05, 0.1) is 5.57 Å². The third kappa shape index (κ3) is 2.80. The summed E-state index contributed by atoms with van der Waals surface area (Å²) < 4.78 is 0. The summed E-state index contributed by atoms with van der Waals surface area (Å²) in [7, 11) is -1.26. The van der Waals surface area contributed by atoms with Crippen LogP contribution >= 0.6 is 0 Å². The molecule has 0 bridgehead atoms. The predicted molar refractivity (Wildman–Crippen MR) is 82.6 cm³/mol. The van der Waals surface area contributed by atoms with Gasteiger partial charge >= 0.3 is 0 Å². The van der Waals surface area contributed by atoms with E-state index in [2.05, 4.69) is 19.6 Å². The zero-order valence-corrected chi connectivity index (χ0v) is 12.9. The molecule has 0 atom stereocenters. The highest BCUT2D eigenvalue weighted by molar-refractivity contribution is 6.76. The standard InChI is InChI=1S/C16H18O3Si/c1-20(2,3)10-6-9-13-14(17)11-7-4-5-8-12(11)15(18)16(13)19/h4-9,17H,10H2,1-3H3/b9-6+. The predicted octanol–water partition coefficient (Wildman–Crippen LogP) is 3.62. The average Bonchev–Trinajstić information content (AvgIpc) is 2.39. The molecule has 20 heavy (non-hydrogen) atoms. The van der Waals surface area contributed by atoms with Crippen LogP contribution in [0.2, 0.25) is 25.7 Å². The van der Waals surface area contributed by atoms with Crippen LogP contribution in [0.25, 0.3) is 5.76 Å². The number of hydrogen-bond donors (Lipinski definition) is 1. The molecule has 0 unspecified atom stereocenters. The molecule has 0 spiro atoms. The van der Waals surface area contributed by atoms with Crippen LogP contribution in [0.5, 0.6) is 0 Å². The van der Waals surface area contributed by atoms with E-state index in [1.165, 1.54) is 0 Å². The van der Waals surface area contributed by atoms with Crippen LogP contribution in [0.4, 0.5) is 0 Å². The molecule has 0 saturated carbocycles. The molecule has 4 heteroatoms. The van der Waals surface area contributed by atoms with Crippen molar-refractivity contribution in [3.63, 3.8) is 0 Å². The second-order valence-corrected chi connectivity index (χ2v) is 11.7. The third-order valence-corrected chi connectivity index (χ3v) is 4.61. The Morgan fingerprint density at radius 2 is 1.65 bits per heavy atom. The largest absolute Gasteiger partial charge is 0.507 e. The van der Waals surface area contributed by atoms with Crippen LogP contribution in [-0.4, -0.2) is 24.7 Å². The molecular weight excluding hydrogens is 268 g/mol. The number of benzene rings is 1. The van der Waals surface area contributed by atoms with E-state index >= 15 is 0 Å². The maximum Gasteiger partial charge on any atom is 0.237 e. The first-order valence-electron chi connectivity index (χ1n) is 6.59. The molecule has 0 aromatic heterocycles. The Bertz CT molecular complexity index is 633. The lowest BCUT2D eigenvalue weighted by molar-refractivity contribution is -0.111. The number of carbonyl (C=O) groups is 2. The average molecular weight is 286 g/mol. The van der Waals surface area contributed by atoms with Crippen molar-refractivity contribution in [1.82, 2.24) is 0 Å². The van der Waals surface area contributed by atoms with Gasteiger partial charge in [-0.05, 0) is 6.04 Å². The molecule has 3 nitrogen and oxygen atoms in total. The monoisotopic (exact) mass is 286 g/mol. The van der Waals surface area contributed by atoms with Crippen molar-refractivity contribution in [1.29, 1.82) is 0 Å². The van der Waals surface area contributed by atoms with Gasteiger partial charge in [-0.25, -0.2) is 0 Å². The normalized spacial score (nSPS) is 15.9. The molecule has 0 fully saturated rings. The molecule has 0 radical (unpaired) electrons. The quantitative estimate of drug-likeness (QED) is 0.682. The molecule has 1 aromatic rings. The van der Waals surface area contributed by atoms with Gasteiger partial charge in [-0.1, -0.05) is 56.1 Å². The molecule has 1 N–H and O–H groups in total. The van der Waals surface area contributed by atoms with Gasteiger partial charge in [-0.3, -0.25) is 9.59 Å². The first-order valence-corrected chi connectivity index (χ1v) is 10.3. The zero-order valence-electron chi connectivity index (χ0n) is 11.9. The maximum atomic E-state index is 12.0. The molecule has 2 rings (SSSR count). The van der Waals surface area contributed by atoms with Crippen molar-refractivity contribution in [3.8, 4) is 0 Å². The molecule has 104 valence electrons. The van der Waals surface area contributed by atoms with E-state index in [1.807, 2.05) is 6.08 Å². The van der Waals surface area contributed by atoms with Crippen LogP contribution in [0.3, 0.4) is 0 Å². The molecule has 0 amide bonds. The summed E-state index contributed by atoms with van der Waals surface area (Å²) in [5.41, 5.74) is 0.814. The van der Waals surface area contributed by atoms with Gasteiger partial charge in [0.25, 0.3) is 0 Å². The first kappa shape index (κ1) is 14.5. The Hall–Kier alpha value is -1.94. The van der Waals surface area contributed by atoms with E-state index in [9.17, 15) is 14.7 Å². The number of Topliss-reactive ketones (excluding diaryl/α,β-unsaturated/α-hetero) is 2. The first-order chi connectivity index (χ1) is 9.31. The minimum Gasteiger partial charge on any atom is -0.507 e. The smallest absolute Gasteiger partial charge is 0.237 e. The summed E-state index contributed by atoms with van der Waals surface area (Å²) in [6.07, 6.45) is 3.47. The zero-order chi connectivity index (χ0) is 14.9. The number of ketones is 2. The van der Waals surface area contributed by atoms with Crippen LogP contribution in [0, 0.1) is 0 Å². The topological polar surface area (TPSA) is 54.4 Å². The summed E-state index contributed by atoms with van der Waals surface area (Å²) in [6, 6.07) is 7.54. The van der Waals surface area contributed by atoms with Crippen LogP contribution in [0.1, 0.15) is 15.9 Å². The molecule has 0 aliphatic heterocycles. The van der Waals surface area contributed by atoms with Crippen molar-refractivity contribution < 1.29 is 14.7 Å². The van der Waals surface area contributed by atoms with Crippen LogP contribution in [0.15, 0.2) is 42.0 Å². The summed E-state index contributed by atoms with van der Waals surface area (Å²) in [4.78, 5) is 24.1. The Morgan fingerprint density at radius 3 is 2.25 bits per heavy atom. The minimum absolute atomic E-state index is 0.1000. The van der Waals surface area contributed by atoms with Crippen molar-refractivity contribution >= 4 is 25.4 Å². The second-order valence-electron chi connectivity index (χ2n) is 6.13. The van der Waals surface area contributed by atoms with Crippen molar-refractivity contribution in [2.24, 2.45) is 0 Å². The highest BCUT2D eigenvalue weighted by atomic mass is 28.3. The number of aliphatic hydroxyl groups is 1. The van der Waals surface area contributed by atoms with E-state index in [0.717, 1.165) is 6.04 Å². The molecular formula is C16H18O3Si. The third-order valence-electron chi connectivity index (χ3n) is 3.15. The number of aliphatic hydroxyl groups excluding tert-OH is 1. The molecule has 1 aromatic carbocycles. The van der Waals surface area contributed by atoms with Gasteiger partial charge in [-0.2, -0.15) is 0 Å². The number of fused-ring (bicyclic) bond motifs is 1. The van der Waals surface area contributed by atoms with E-state index < -0.39 is 19.6 Å². The fourth-order valence-electron chi connectivity index (χ4n) is 2.07. The summed E-state index contributed by atoms with van der Waals surface area (Å²) >= 11 is 0. The fourth-order valence-corrected chi connectivity index (χ4v) is 2.89. The summed E-state index contributed by atoms with van der Waals surface area (Å²) in [5, 5.41) is 10.2. The van der Waals surface area contributed by atoms with Crippen molar-refractivity contribution in [3.05, 3.63) is 53.1 Å².